The average Bonchev–Trinajstić information content (AvgIpc) is 2.31. The zero-order chi connectivity index (χ0) is 14.0. The summed E-state index contributed by atoms with van der Waals surface area (Å²) in [5.41, 5.74) is 2.26. The van der Waals surface area contributed by atoms with E-state index >= 15 is 0 Å². The molecule has 0 unspecified atom stereocenters. The lowest BCUT2D eigenvalue weighted by Gasteiger charge is -2.09. The Balaban J connectivity index is 2.25. The minimum absolute atomic E-state index is 0.160. The van der Waals surface area contributed by atoms with Crippen LogP contribution < -0.4 is 5.32 Å². The molecule has 2 aromatic carbocycles. The molecule has 0 spiro atoms. The van der Waals surface area contributed by atoms with Gasteiger partial charge in [0.25, 0.3) is 5.91 Å². The minimum atomic E-state index is -0.160. The van der Waals surface area contributed by atoms with Gasteiger partial charge in [0.2, 0.25) is 0 Å². The highest BCUT2D eigenvalue weighted by atomic mass is 79.9. The summed E-state index contributed by atoms with van der Waals surface area (Å²) in [4.78, 5) is 12.2. The number of hydrogen-bond acceptors (Lipinski definition) is 1. The van der Waals surface area contributed by atoms with Crippen LogP contribution in [0.5, 0.6) is 0 Å². The quantitative estimate of drug-likeness (QED) is 0.712. The Morgan fingerprint density at radius 3 is 2.32 bits per heavy atom. The standard InChI is InChI=1S/C14H10Br2ClNO/c1-8-4-12(17)2-3-13(8)18-14(19)9-5-10(15)7-11(16)6-9/h2-7H,1H3,(H,18,19). The zero-order valence-electron chi connectivity index (χ0n) is 10.0. The lowest BCUT2D eigenvalue weighted by atomic mass is 10.1. The van der Waals surface area contributed by atoms with E-state index in [1.54, 1.807) is 24.3 Å². The van der Waals surface area contributed by atoms with Crippen molar-refractivity contribution >= 4 is 55.1 Å². The van der Waals surface area contributed by atoms with E-state index in [4.69, 9.17) is 11.6 Å². The van der Waals surface area contributed by atoms with Crippen molar-refractivity contribution in [3.05, 3.63) is 61.5 Å². The van der Waals surface area contributed by atoms with E-state index in [0.717, 1.165) is 20.2 Å². The molecular formula is C14H10Br2ClNO. The molecule has 0 aromatic heterocycles. The summed E-state index contributed by atoms with van der Waals surface area (Å²) in [5, 5.41) is 3.52. The molecule has 98 valence electrons. The first-order valence-electron chi connectivity index (χ1n) is 5.49. The number of amides is 1. The van der Waals surface area contributed by atoms with Crippen LogP contribution in [0.15, 0.2) is 45.3 Å². The fourth-order valence-electron chi connectivity index (χ4n) is 1.65. The van der Waals surface area contributed by atoms with Gasteiger partial charge in [0, 0.05) is 25.2 Å². The molecule has 2 nitrogen and oxygen atoms in total. The van der Waals surface area contributed by atoms with Gasteiger partial charge >= 0.3 is 0 Å². The molecule has 0 saturated heterocycles. The van der Waals surface area contributed by atoms with Crippen LogP contribution in [0.25, 0.3) is 0 Å². The van der Waals surface area contributed by atoms with E-state index in [1.165, 1.54) is 0 Å². The third kappa shape index (κ3) is 3.81. The second-order valence-corrected chi connectivity index (χ2v) is 6.34. The van der Waals surface area contributed by atoms with Crippen molar-refractivity contribution in [2.24, 2.45) is 0 Å². The molecule has 0 fully saturated rings. The van der Waals surface area contributed by atoms with Crippen LogP contribution in [0.4, 0.5) is 5.69 Å². The Morgan fingerprint density at radius 1 is 1.11 bits per heavy atom. The Hall–Kier alpha value is -0.840. The van der Waals surface area contributed by atoms with E-state index in [9.17, 15) is 4.79 Å². The van der Waals surface area contributed by atoms with Crippen LogP contribution in [0.2, 0.25) is 5.02 Å². The van der Waals surface area contributed by atoms with Gasteiger partial charge in [-0.2, -0.15) is 0 Å². The Bertz CT molecular complexity index is 623. The highest BCUT2D eigenvalue weighted by molar-refractivity contribution is 9.11. The number of aryl methyl sites for hydroxylation is 1. The summed E-state index contributed by atoms with van der Waals surface area (Å²) in [6.45, 7) is 1.90. The van der Waals surface area contributed by atoms with Crippen molar-refractivity contribution in [1.29, 1.82) is 0 Å². The molecule has 1 amide bonds. The predicted octanol–water partition coefficient (Wildman–Crippen LogP) is 5.43. The molecule has 0 saturated carbocycles. The normalized spacial score (nSPS) is 10.3. The molecule has 0 aliphatic heterocycles. The van der Waals surface area contributed by atoms with Crippen molar-refractivity contribution in [2.45, 2.75) is 6.92 Å². The van der Waals surface area contributed by atoms with Gasteiger partial charge in [-0.3, -0.25) is 4.79 Å². The molecule has 0 aliphatic rings. The van der Waals surface area contributed by atoms with Gasteiger partial charge in [0.1, 0.15) is 0 Å². The molecule has 0 atom stereocenters. The SMILES string of the molecule is Cc1cc(Cl)ccc1NC(=O)c1cc(Br)cc(Br)c1. The smallest absolute Gasteiger partial charge is 0.255 e. The molecular weight excluding hydrogens is 393 g/mol. The molecule has 2 rings (SSSR count). The summed E-state index contributed by atoms with van der Waals surface area (Å²) < 4.78 is 1.69. The second-order valence-electron chi connectivity index (χ2n) is 4.07. The third-order valence-electron chi connectivity index (χ3n) is 2.56. The number of halogens is 3. The van der Waals surface area contributed by atoms with Crippen molar-refractivity contribution in [2.75, 3.05) is 5.32 Å². The fraction of sp³-hybridized carbons (Fsp3) is 0.0714. The maximum absolute atomic E-state index is 12.2. The number of rotatable bonds is 2. The average molecular weight is 404 g/mol. The van der Waals surface area contributed by atoms with E-state index in [0.29, 0.717) is 10.6 Å². The molecule has 5 heteroatoms. The number of hydrogen-bond donors (Lipinski definition) is 1. The van der Waals surface area contributed by atoms with Crippen molar-refractivity contribution in [1.82, 2.24) is 0 Å². The van der Waals surface area contributed by atoms with Gasteiger partial charge < -0.3 is 5.32 Å². The summed E-state index contributed by atoms with van der Waals surface area (Å²) >= 11 is 12.6. The van der Waals surface area contributed by atoms with Gasteiger partial charge in [-0.15, -0.1) is 0 Å². The highest BCUT2D eigenvalue weighted by Crippen LogP contribution is 2.23. The van der Waals surface area contributed by atoms with E-state index in [2.05, 4.69) is 37.2 Å². The molecule has 0 heterocycles. The van der Waals surface area contributed by atoms with E-state index < -0.39 is 0 Å². The zero-order valence-corrected chi connectivity index (χ0v) is 13.9. The number of carbonyl (C=O) groups excluding carboxylic acids is 1. The van der Waals surface area contributed by atoms with Gasteiger partial charge in [-0.25, -0.2) is 0 Å². The monoisotopic (exact) mass is 401 g/mol. The van der Waals surface area contributed by atoms with Crippen molar-refractivity contribution < 1.29 is 4.79 Å². The Morgan fingerprint density at radius 2 is 1.74 bits per heavy atom. The first-order chi connectivity index (χ1) is 8.95. The van der Waals surface area contributed by atoms with Gasteiger partial charge in [0.15, 0.2) is 0 Å². The molecule has 0 aliphatic carbocycles. The number of benzene rings is 2. The van der Waals surface area contributed by atoms with Gasteiger partial charge in [0.05, 0.1) is 0 Å². The van der Waals surface area contributed by atoms with Crippen LogP contribution in [-0.2, 0) is 0 Å². The predicted molar refractivity (Wildman–Crippen MR) is 86.0 cm³/mol. The summed E-state index contributed by atoms with van der Waals surface area (Å²) in [6, 6.07) is 10.8. The molecule has 0 bridgehead atoms. The molecule has 1 N–H and O–H groups in total. The topological polar surface area (TPSA) is 29.1 Å². The van der Waals surface area contributed by atoms with Crippen LogP contribution in [-0.4, -0.2) is 5.91 Å². The molecule has 0 radical (unpaired) electrons. The summed E-state index contributed by atoms with van der Waals surface area (Å²) in [7, 11) is 0. The number of carbonyl (C=O) groups is 1. The van der Waals surface area contributed by atoms with Gasteiger partial charge in [-0.1, -0.05) is 43.5 Å². The van der Waals surface area contributed by atoms with Crippen LogP contribution in [0.3, 0.4) is 0 Å². The van der Waals surface area contributed by atoms with E-state index in [1.807, 2.05) is 19.1 Å². The highest BCUT2D eigenvalue weighted by Gasteiger charge is 2.09. The largest absolute Gasteiger partial charge is 0.322 e. The maximum Gasteiger partial charge on any atom is 0.255 e. The third-order valence-corrected chi connectivity index (χ3v) is 3.71. The summed E-state index contributed by atoms with van der Waals surface area (Å²) in [6.07, 6.45) is 0. The fourth-order valence-corrected chi connectivity index (χ4v) is 3.17. The van der Waals surface area contributed by atoms with E-state index in [-0.39, 0.29) is 5.91 Å². The lowest BCUT2D eigenvalue weighted by Crippen LogP contribution is -2.12. The minimum Gasteiger partial charge on any atom is -0.322 e. The summed E-state index contributed by atoms with van der Waals surface area (Å²) in [5.74, 6) is -0.160. The molecule has 2 aromatic rings. The lowest BCUT2D eigenvalue weighted by molar-refractivity contribution is 0.102. The first kappa shape index (κ1) is 14.6. The van der Waals surface area contributed by atoms with Crippen LogP contribution >= 0.6 is 43.5 Å². The van der Waals surface area contributed by atoms with Crippen LogP contribution in [0.1, 0.15) is 15.9 Å². The van der Waals surface area contributed by atoms with Crippen molar-refractivity contribution in [3.63, 3.8) is 0 Å². The Kier molecular flexibility index (Phi) is 4.66. The number of nitrogens with one attached hydrogen (secondary N) is 1. The van der Waals surface area contributed by atoms with Crippen molar-refractivity contribution in [3.8, 4) is 0 Å². The van der Waals surface area contributed by atoms with Gasteiger partial charge in [-0.05, 0) is 48.9 Å². The maximum atomic E-state index is 12.2. The first-order valence-corrected chi connectivity index (χ1v) is 7.46. The Labute approximate surface area is 133 Å². The van der Waals surface area contributed by atoms with Crippen LogP contribution in [0, 0.1) is 6.92 Å². The second kappa shape index (κ2) is 6.07. The molecule has 19 heavy (non-hydrogen) atoms. The number of anilines is 1.